The Hall–Kier alpha value is -2.37. The molecule has 1 aromatic carbocycles. The molecule has 0 aliphatic heterocycles. The number of hydrogen-bond acceptors (Lipinski definition) is 5. The van der Waals surface area contributed by atoms with Crippen molar-refractivity contribution in [1.29, 1.82) is 0 Å². The van der Waals surface area contributed by atoms with Crippen LogP contribution < -0.4 is 10.3 Å². The Morgan fingerprint density at radius 1 is 1.21 bits per heavy atom. The fourth-order valence-corrected chi connectivity index (χ4v) is 2.09. The molecule has 0 saturated heterocycles. The van der Waals surface area contributed by atoms with Crippen LogP contribution in [0.15, 0.2) is 16.9 Å². The third-order valence-corrected chi connectivity index (χ3v) is 2.87. The Morgan fingerprint density at radius 3 is 2.47 bits per heavy atom. The lowest BCUT2D eigenvalue weighted by Gasteiger charge is -2.14. The van der Waals surface area contributed by atoms with Crippen molar-refractivity contribution in [3.63, 3.8) is 0 Å². The van der Waals surface area contributed by atoms with E-state index in [9.17, 15) is 20.1 Å². The zero-order chi connectivity index (χ0) is 14.2. The molecule has 0 spiro atoms. The molecule has 102 valence electrons. The molecule has 0 amide bonds. The summed E-state index contributed by atoms with van der Waals surface area (Å²) in [6.45, 7) is 3.97. The maximum Gasteiger partial charge on any atom is 0.297 e. The standard InChI is InChI=1S/C13H15NO5/c1-3-14-8-5-7(15)6-9(16)10(8)11(17)12(13(14)18)19-4-2/h5-6,15-17H,3-4H2,1-2H3. The lowest BCUT2D eigenvalue weighted by molar-refractivity contribution is 0.312. The van der Waals surface area contributed by atoms with Crippen LogP contribution in [-0.2, 0) is 6.54 Å². The largest absolute Gasteiger partial charge is 0.508 e. The molecular weight excluding hydrogens is 250 g/mol. The summed E-state index contributed by atoms with van der Waals surface area (Å²) in [5.41, 5.74) is -0.245. The lowest BCUT2D eigenvalue weighted by Crippen LogP contribution is -2.22. The van der Waals surface area contributed by atoms with E-state index in [2.05, 4.69) is 0 Å². The van der Waals surface area contributed by atoms with E-state index in [-0.39, 0.29) is 34.8 Å². The van der Waals surface area contributed by atoms with Gasteiger partial charge in [-0.05, 0) is 13.8 Å². The van der Waals surface area contributed by atoms with Crippen LogP contribution in [0.1, 0.15) is 13.8 Å². The van der Waals surface area contributed by atoms with Crippen molar-refractivity contribution in [3.8, 4) is 23.0 Å². The van der Waals surface area contributed by atoms with Crippen molar-refractivity contribution in [2.45, 2.75) is 20.4 Å². The molecule has 2 rings (SSSR count). The molecule has 3 N–H and O–H groups in total. The van der Waals surface area contributed by atoms with Crippen LogP contribution in [0.2, 0.25) is 0 Å². The van der Waals surface area contributed by atoms with Crippen LogP contribution in [-0.4, -0.2) is 26.5 Å². The normalized spacial score (nSPS) is 10.8. The van der Waals surface area contributed by atoms with E-state index in [1.807, 2.05) is 0 Å². The number of benzene rings is 1. The molecule has 6 heteroatoms. The van der Waals surface area contributed by atoms with Crippen LogP contribution in [0.3, 0.4) is 0 Å². The van der Waals surface area contributed by atoms with Crippen molar-refractivity contribution in [2.24, 2.45) is 0 Å². The quantitative estimate of drug-likeness (QED) is 0.782. The summed E-state index contributed by atoms with van der Waals surface area (Å²) in [5, 5.41) is 29.5. The molecule has 0 radical (unpaired) electrons. The van der Waals surface area contributed by atoms with Gasteiger partial charge in [-0.25, -0.2) is 0 Å². The SMILES string of the molecule is CCOc1c(O)c2c(O)cc(O)cc2n(CC)c1=O. The fraction of sp³-hybridized carbons (Fsp3) is 0.308. The van der Waals surface area contributed by atoms with Gasteiger partial charge in [-0.1, -0.05) is 0 Å². The number of aryl methyl sites for hydroxylation is 1. The molecule has 0 aliphatic rings. The van der Waals surface area contributed by atoms with E-state index in [1.54, 1.807) is 13.8 Å². The van der Waals surface area contributed by atoms with Crippen molar-refractivity contribution in [2.75, 3.05) is 6.61 Å². The average Bonchev–Trinajstić information content (AvgIpc) is 2.34. The van der Waals surface area contributed by atoms with Gasteiger partial charge in [0.05, 0.1) is 17.5 Å². The van der Waals surface area contributed by atoms with Gasteiger partial charge < -0.3 is 24.6 Å². The van der Waals surface area contributed by atoms with E-state index in [1.165, 1.54) is 10.6 Å². The topological polar surface area (TPSA) is 91.9 Å². The first-order chi connectivity index (χ1) is 9.01. The Balaban J connectivity index is 3.00. The highest BCUT2D eigenvalue weighted by atomic mass is 16.5. The molecule has 19 heavy (non-hydrogen) atoms. The van der Waals surface area contributed by atoms with Gasteiger partial charge in [-0.3, -0.25) is 4.79 Å². The number of ether oxygens (including phenoxy) is 1. The van der Waals surface area contributed by atoms with Crippen molar-refractivity contribution >= 4 is 10.9 Å². The maximum atomic E-state index is 12.2. The summed E-state index contributed by atoms with van der Waals surface area (Å²) in [6, 6.07) is 2.41. The molecule has 2 aromatic rings. The number of rotatable bonds is 3. The van der Waals surface area contributed by atoms with E-state index < -0.39 is 11.3 Å². The van der Waals surface area contributed by atoms with Gasteiger partial charge in [-0.15, -0.1) is 0 Å². The fourth-order valence-electron chi connectivity index (χ4n) is 2.09. The molecule has 1 aromatic heterocycles. The Labute approximate surface area is 109 Å². The highest BCUT2D eigenvalue weighted by Gasteiger charge is 2.20. The summed E-state index contributed by atoms with van der Waals surface area (Å²) < 4.78 is 6.47. The number of aromatic hydroxyl groups is 3. The Kier molecular flexibility index (Phi) is 3.25. The predicted molar refractivity (Wildman–Crippen MR) is 70.0 cm³/mol. The molecule has 1 heterocycles. The molecule has 0 saturated carbocycles. The third kappa shape index (κ3) is 1.95. The second-order valence-corrected chi connectivity index (χ2v) is 4.02. The van der Waals surface area contributed by atoms with Crippen LogP contribution in [0, 0.1) is 0 Å². The summed E-state index contributed by atoms with van der Waals surface area (Å²) in [5.74, 6) is -1.10. The molecular formula is C13H15NO5. The van der Waals surface area contributed by atoms with E-state index in [0.717, 1.165) is 6.07 Å². The number of hydrogen-bond donors (Lipinski definition) is 3. The van der Waals surface area contributed by atoms with Gasteiger partial charge in [-0.2, -0.15) is 0 Å². The predicted octanol–water partition coefficient (Wildman–Crippen LogP) is 1.54. The highest BCUT2D eigenvalue weighted by molar-refractivity contribution is 5.93. The van der Waals surface area contributed by atoms with E-state index >= 15 is 0 Å². The van der Waals surface area contributed by atoms with Gasteiger partial charge in [0.2, 0.25) is 5.75 Å². The summed E-state index contributed by atoms with van der Waals surface area (Å²) in [6.07, 6.45) is 0. The molecule has 0 aliphatic carbocycles. The number of nitrogens with zero attached hydrogens (tertiary/aromatic N) is 1. The second kappa shape index (κ2) is 4.72. The number of phenols is 2. The van der Waals surface area contributed by atoms with Crippen LogP contribution in [0.5, 0.6) is 23.0 Å². The van der Waals surface area contributed by atoms with Gasteiger partial charge in [0.1, 0.15) is 11.5 Å². The lowest BCUT2D eigenvalue weighted by atomic mass is 10.1. The minimum Gasteiger partial charge on any atom is -0.508 e. The monoisotopic (exact) mass is 265 g/mol. The van der Waals surface area contributed by atoms with Crippen LogP contribution in [0.25, 0.3) is 10.9 Å². The number of pyridine rings is 1. The van der Waals surface area contributed by atoms with Gasteiger partial charge >= 0.3 is 0 Å². The van der Waals surface area contributed by atoms with E-state index in [0.29, 0.717) is 6.54 Å². The van der Waals surface area contributed by atoms with E-state index in [4.69, 9.17) is 4.74 Å². The zero-order valence-corrected chi connectivity index (χ0v) is 10.7. The Bertz CT molecular complexity index is 690. The zero-order valence-electron chi connectivity index (χ0n) is 10.7. The minimum atomic E-state index is -0.501. The van der Waals surface area contributed by atoms with Gasteiger partial charge in [0, 0.05) is 18.7 Å². The van der Waals surface area contributed by atoms with Crippen LogP contribution in [0.4, 0.5) is 0 Å². The molecule has 0 bridgehead atoms. The van der Waals surface area contributed by atoms with Crippen molar-refractivity contribution in [3.05, 3.63) is 22.5 Å². The first-order valence-corrected chi connectivity index (χ1v) is 5.95. The maximum absolute atomic E-state index is 12.2. The molecule has 0 fully saturated rings. The van der Waals surface area contributed by atoms with Crippen molar-refractivity contribution < 1.29 is 20.1 Å². The minimum absolute atomic E-state index is 0.0858. The van der Waals surface area contributed by atoms with Gasteiger partial charge in [0.25, 0.3) is 5.56 Å². The molecule has 0 unspecified atom stereocenters. The smallest absolute Gasteiger partial charge is 0.297 e. The third-order valence-electron chi connectivity index (χ3n) is 2.87. The summed E-state index contributed by atoms with van der Waals surface area (Å²) in [7, 11) is 0. The molecule has 0 atom stereocenters. The van der Waals surface area contributed by atoms with Crippen molar-refractivity contribution in [1.82, 2.24) is 4.57 Å². The van der Waals surface area contributed by atoms with Gasteiger partial charge in [0.15, 0.2) is 5.75 Å². The summed E-state index contributed by atoms with van der Waals surface area (Å²) >= 11 is 0. The first kappa shape index (κ1) is 13.1. The number of fused-ring (bicyclic) bond motifs is 1. The van der Waals surface area contributed by atoms with Crippen LogP contribution >= 0.6 is 0 Å². The highest BCUT2D eigenvalue weighted by Crippen LogP contribution is 2.39. The first-order valence-electron chi connectivity index (χ1n) is 5.95. The summed E-state index contributed by atoms with van der Waals surface area (Å²) in [4.78, 5) is 12.2. The average molecular weight is 265 g/mol. The second-order valence-electron chi connectivity index (χ2n) is 4.02. The number of phenolic OH excluding ortho intramolecular Hbond substituents is 2. The Morgan fingerprint density at radius 2 is 1.89 bits per heavy atom. The number of aromatic nitrogens is 1. The molecule has 6 nitrogen and oxygen atoms in total.